The number of nitrogens with zero attached hydrogens (tertiary/aromatic N) is 7. The quantitative estimate of drug-likeness (QED) is 0.206. The maximum Gasteiger partial charge on any atom is 0.235 e. The molecule has 10 nitrogen and oxygen atoms in total. The van der Waals surface area contributed by atoms with Crippen LogP contribution < -0.4 is 4.90 Å². The van der Waals surface area contributed by atoms with Gasteiger partial charge >= 0.3 is 0 Å². The minimum absolute atomic E-state index is 0.121. The molecule has 1 atom stereocenters. The molecule has 2 aliphatic rings. The van der Waals surface area contributed by atoms with Crippen LogP contribution in [0.5, 0.6) is 0 Å². The van der Waals surface area contributed by atoms with Gasteiger partial charge in [-0.25, -0.2) is 14.9 Å². The van der Waals surface area contributed by atoms with Crippen LogP contribution in [0, 0.1) is 17.2 Å². The average molecular weight is 534 g/mol. The van der Waals surface area contributed by atoms with Gasteiger partial charge in [-0.2, -0.15) is 10.4 Å². The number of ether oxygens (including phenoxy) is 1. The molecule has 1 aliphatic heterocycles. The zero-order valence-corrected chi connectivity index (χ0v) is 23.4. The summed E-state index contributed by atoms with van der Waals surface area (Å²) in [6.45, 7) is 8.05. The van der Waals surface area contributed by atoms with Gasteiger partial charge in [-0.05, 0) is 30.9 Å². The number of imide groups is 1. The lowest BCUT2D eigenvalue weighted by Gasteiger charge is -2.21. The standard InChI is InChI=1S/C27H35N7O3Si/c1-38(2,3)15-14-37-18-32-13-11-20-25(29-17-30-26(20)32)21-16-33(22(10-12-28)19-6-4-5-7-19)31-27(21)34-23(35)8-9-24(34)36/h11,13,16-17,19,22H,4-10,14-15,18H2,1-3H3. The summed E-state index contributed by atoms with van der Waals surface area (Å²) in [6, 6.07) is 5.21. The van der Waals surface area contributed by atoms with Gasteiger partial charge in [-0.15, -0.1) is 0 Å². The van der Waals surface area contributed by atoms with Crippen molar-refractivity contribution < 1.29 is 14.3 Å². The van der Waals surface area contributed by atoms with Crippen molar-refractivity contribution in [3.63, 3.8) is 0 Å². The smallest absolute Gasteiger partial charge is 0.235 e. The van der Waals surface area contributed by atoms with E-state index in [1.165, 1.54) is 11.2 Å². The van der Waals surface area contributed by atoms with Crippen LogP contribution in [0.1, 0.15) is 51.0 Å². The third kappa shape index (κ3) is 5.28. The molecule has 2 amide bonds. The molecular formula is C27H35N7O3Si. The molecule has 1 aliphatic carbocycles. The SMILES string of the molecule is C[Si](C)(C)CCOCn1ccc2c(-c3cn(C(CC#N)C4CCCC4)nc3N3C(=O)CCC3=O)ncnc21. The van der Waals surface area contributed by atoms with E-state index in [-0.39, 0.29) is 36.5 Å². The topological polar surface area (TPSA) is 119 Å². The van der Waals surface area contributed by atoms with Gasteiger partial charge < -0.3 is 9.30 Å². The van der Waals surface area contributed by atoms with E-state index in [9.17, 15) is 14.9 Å². The van der Waals surface area contributed by atoms with Crippen molar-refractivity contribution >= 4 is 36.7 Å². The van der Waals surface area contributed by atoms with Crippen LogP contribution in [-0.4, -0.2) is 50.8 Å². The summed E-state index contributed by atoms with van der Waals surface area (Å²) in [5, 5.41) is 15.2. The van der Waals surface area contributed by atoms with Crippen LogP contribution in [0.25, 0.3) is 22.3 Å². The third-order valence-electron chi connectivity index (χ3n) is 7.60. The molecule has 4 heterocycles. The average Bonchev–Trinajstić information content (AvgIpc) is 3.67. The van der Waals surface area contributed by atoms with E-state index >= 15 is 0 Å². The molecule has 0 aromatic carbocycles. The van der Waals surface area contributed by atoms with E-state index in [2.05, 4.69) is 35.7 Å². The number of amides is 2. The van der Waals surface area contributed by atoms with Crippen LogP contribution in [0.3, 0.4) is 0 Å². The van der Waals surface area contributed by atoms with Gasteiger partial charge in [-0.1, -0.05) is 32.5 Å². The fourth-order valence-corrected chi connectivity index (χ4v) is 6.23. The second-order valence-corrected chi connectivity index (χ2v) is 17.2. The summed E-state index contributed by atoms with van der Waals surface area (Å²) in [5.41, 5.74) is 1.91. The number of nitriles is 1. The molecule has 3 aromatic heterocycles. The van der Waals surface area contributed by atoms with E-state index in [4.69, 9.17) is 9.84 Å². The third-order valence-corrected chi connectivity index (χ3v) is 9.30. The molecule has 200 valence electrons. The lowest BCUT2D eigenvalue weighted by Crippen LogP contribution is -2.30. The molecule has 2 fully saturated rings. The Morgan fingerprint density at radius 2 is 1.89 bits per heavy atom. The second kappa shape index (κ2) is 10.8. The van der Waals surface area contributed by atoms with Crippen molar-refractivity contribution in [2.75, 3.05) is 11.5 Å². The zero-order valence-electron chi connectivity index (χ0n) is 22.4. The van der Waals surface area contributed by atoms with Crippen LogP contribution in [-0.2, 0) is 21.1 Å². The molecule has 1 saturated heterocycles. The maximum absolute atomic E-state index is 12.8. The molecule has 0 N–H and O–H groups in total. The van der Waals surface area contributed by atoms with Crippen molar-refractivity contribution in [1.82, 2.24) is 24.3 Å². The normalized spacial score (nSPS) is 17.6. The number of carbonyl (C=O) groups is 2. The Kier molecular flexibility index (Phi) is 7.45. The van der Waals surface area contributed by atoms with E-state index in [1.807, 2.05) is 23.0 Å². The number of anilines is 1. The molecule has 0 bridgehead atoms. The first-order valence-corrected chi connectivity index (χ1v) is 17.2. The molecule has 11 heteroatoms. The Bertz CT molecular complexity index is 1360. The Balaban J connectivity index is 1.54. The number of carbonyl (C=O) groups excluding carboxylic acids is 2. The monoisotopic (exact) mass is 533 g/mol. The van der Waals surface area contributed by atoms with Gasteiger partial charge in [0.15, 0.2) is 5.82 Å². The Hall–Kier alpha value is -3.36. The Labute approximate surface area is 223 Å². The molecular weight excluding hydrogens is 498 g/mol. The van der Waals surface area contributed by atoms with E-state index in [0.717, 1.165) is 37.1 Å². The highest BCUT2D eigenvalue weighted by molar-refractivity contribution is 6.76. The van der Waals surface area contributed by atoms with E-state index < -0.39 is 8.07 Å². The predicted octanol–water partition coefficient (Wildman–Crippen LogP) is 4.91. The largest absolute Gasteiger partial charge is 0.361 e. The summed E-state index contributed by atoms with van der Waals surface area (Å²) in [4.78, 5) is 35.8. The van der Waals surface area contributed by atoms with Gasteiger partial charge in [0.2, 0.25) is 11.8 Å². The minimum Gasteiger partial charge on any atom is -0.361 e. The molecule has 0 radical (unpaired) electrons. The van der Waals surface area contributed by atoms with Crippen LogP contribution in [0.4, 0.5) is 5.82 Å². The Morgan fingerprint density at radius 3 is 2.58 bits per heavy atom. The van der Waals surface area contributed by atoms with Crippen molar-refractivity contribution in [2.24, 2.45) is 5.92 Å². The number of aromatic nitrogens is 5. The lowest BCUT2D eigenvalue weighted by molar-refractivity contribution is -0.121. The molecule has 1 unspecified atom stereocenters. The minimum atomic E-state index is -1.19. The molecule has 38 heavy (non-hydrogen) atoms. The Morgan fingerprint density at radius 1 is 1.16 bits per heavy atom. The highest BCUT2D eigenvalue weighted by Crippen LogP contribution is 2.40. The summed E-state index contributed by atoms with van der Waals surface area (Å²) in [7, 11) is -1.19. The summed E-state index contributed by atoms with van der Waals surface area (Å²) in [5.74, 6) is 0.0911. The molecule has 5 rings (SSSR count). The first-order valence-electron chi connectivity index (χ1n) is 13.5. The number of hydrogen-bond donors (Lipinski definition) is 0. The fraction of sp³-hybridized carbons (Fsp3) is 0.556. The number of fused-ring (bicyclic) bond motifs is 1. The number of rotatable bonds is 10. The van der Waals surface area contributed by atoms with Gasteiger partial charge in [0.05, 0.1) is 29.8 Å². The van der Waals surface area contributed by atoms with Crippen LogP contribution in [0.15, 0.2) is 24.8 Å². The molecule has 0 spiro atoms. The van der Waals surface area contributed by atoms with Gasteiger partial charge in [0.1, 0.15) is 18.7 Å². The fourth-order valence-electron chi connectivity index (χ4n) is 5.47. The predicted molar refractivity (Wildman–Crippen MR) is 146 cm³/mol. The summed E-state index contributed by atoms with van der Waals surface area (Å²) < 4.78 is 9.69. The zero-order chi connectivity index (χ0) is 26.9. The highest BCUT2D eigenvalue weighted by atomic mass is 28.3. The summed E-state index contributed by atoms with van der Waals surface area (Å²) >= 11 is 0. The van der Waals surface area contributed by atoms with Crippen LogP contribution >= 0.6 is 0 Å². The van der Waals surface area contributed by atoms with Crippen molar-refractivity contribution in [3.05, 3.63) is 24.8 Å². The van der Waals surface area contributed by atoms with E-state index in [1.54, 1.807) is 4.68 Å². The van der Waals surface area contributed by atoms with Gasteiger partial charge in [0.25, 0.3) is 0 Å². The maximum atomic E-state index is 12.8. The molecule has 3 aromatic rings. The first-order chi connectivity index (χ1) is 18.3. The van der Waals surface area contributed by atoms with Crippen molar-refractivity contribution in [1.29, 1.82) is 5.26 Å². The highest BCUT2D eigenvalue weighted by Gasteiger charge is 2.36. The first kappa shape index (κ1) is 26.3. The van der Waals surface area contributed by atoms with Gasteiger partial charge in [0, 0.05) is 45.3 Å². The summed E-state index contributed by atoms with van der Waals surface area (Å²) in [6.07, 6.45) is 10.3. The second-order valence-electron chi connectivity index (χ2n) is 11.5. The number of hydrogen-bond acceptors (Lipinski definition) is 7. The van der Waals surface area contributed by atoms with Crippen LogP contribution in [0.2, 0.25) is 25.7 Å². The van der Waals surface area contributed by atoms with Crippen molar-refractivity contribution in [2.45, 2.75) is 83.4 Å². The van der Waals surface area contributed by atoms with E-state index in [0.29, 0.717) is 42.6 Å². The molecule has 1 saturated carbocycles. The van der Waals surface area contributed by atoms with Gasteiger partial charge in [-0.3, -0.25) is 14.3 Å². The van der Waals surface area contributed by atoms with Crippen molar-refractivity contribution in [3.8, 4) is 17.3 Å². The lowest BCUT2D eigenvalue weighted by atomic mass is 9.96.